The summed E-state index contributed by atoms with van der Waals surface area (Å²) < 4.78 is 29.9. The minimum absolute atomic E-state index is 0.0406. The fraction of sp³-hybridized carbons (Fsp3) is 0.0741. The summed E-state index contributed by atoms with van der Waals surface area (Å²) in [6.07, 6.45) is 0.153. The molecule has 0 heterocycles. The lowest BCUT2D eigenvalue weighted by atomic mass is 9.99. The summed E-state index contributed by atoms with van der Waals surface area (Å²) in [5.41, 5.74) is 9.08. The van der Waals surface area contributed by atoms with E-state index in [1.807, 2.05) is 48.5 Å². The maximum absolute atomic E-state index is 13.0. The number of Topliss-reactive ketones (excluding diaryl/α,β-unsaturated/α-hetero) is 1. The van der Waals surface area contributed by atoms with Gasteiger partial charge in [-0.2, -0.15) is 0 Å². The Kier molecular flexibility index (Phi) is 6.88. The molecule has 0 aromatic heterocycles. The van der Waals surface area contributed by atoms with Crippen LogP contribution < -0.4 is 15.6 Å². The minimum atomic E-state index is -3.87. The lowest BCUT2D eigenvalue weighted by Crippen LogP contribution is -2.13. The molecule has 0 saturated carbocycles. The smallest absolute Gasteiger partial charge is 0.238 e. The number of sulfonamides is 1. The van der Waals surface area contributed by atoms with E-state index in [-0.39, 0.29) is 17.1 Å². The standard InChI is InChI=1S/C27H24N2O4S/c28-18-19-6-5-8-23(16-19)33-26-10-3-1-7-22(26)17-25(30)21-14-12-20(13-15-21)24-9-2-4-11-27(24)34(29,31)32/h1-16H,17-18,28H2,(H2,29,31,32). The van der Waals surface area contributed by atoms with Crippen LogP contribution >= 0.6 is 0 Å². The normalized spacial score (nSPS) is 11.2. The van der Waals surface area contributed by atoms with Gasteiger partial charge in [-0.1, -0.05) is 72.8 Å². The molecule has 34 heavy (non-hydrogen) atoms. The zero-order chi connectivity index (χ0) is 24.1. The second-order valence-corrected chi connectivity index (χ2v) is 9.31. The van der Waals surface area contributed by atoms with Gasteiger partial charge in [0.2, 0.25) is 10.0 Å². The third-order valence-electron chi connectivity index (χ3n) is 5.40. The summed E-state index contributed by atoms with van der Waals surface area (Å²) in [5, 5.41) is 5.34. The Balaban J connectivity index is 1.55. The SMILES string of the molecule is NCc1cccc(Oc2ccccc2CC(=O)c2ccc(-c3ccccc3S(N)(=O)=O)cc2)c1. The van der Waals surface area contributed by atoms with Gasteiger partial charge in [0.05, 0.1) is 4.90 Å². The van der Waals surface area contributed by atoms with Crippen molar-refractivity contribution in [3.8, 4) is 22.6 Å². The number of para-hydroxylation sites is 1. The Bertz CT molecular complexity index is 1430. The first-order valence-corrected chi connectivity index (χ1v) is 12.2. The molecule has 0 fully saturated rings. The Morgan fingerprint density at radius 2 is 1.53 bits per heavy atom. The van der Waals surface area contributed by atoms with Crippen LogP contribution in [0.5, 0.6) is 11.5 Å². The molecule has 0 unspecified atom stereocenters. The molecule has 0 aliphatic rings. The predicted octanol–water partition coefficient (Wildman–Crippen LogP) is 4.68. The van der Waals surface area contributed by atoms with Gasteiger partial charge in [0.15, 0.2) is 5.78 Å². The van der Waals surface area contributed by atoms with Crippen LogP contribution in [0.3, 0.4) is 0 Å². The number of hydrogen-bond donors (Lipinski definition) is 2. The van der Waals surface area contributed by atoms with Gasteiger partial charge in [0.1, 0.15) is 11.5 Å². The van der Waals surface area contributed by atoms with E-state index in [4.69, 9.17) is 15.6 Å². The van der Waals surface area contributed by atoms with Crippen LogP contribution in [0.25, 0.3) is 11.1 Å². The highest BCUT2D eigenvalue weighted by Gasteiger charge is 2.16. The van der Waals surface area contributed by atoms with Crippen molar-refractivity contribution in [2.45, 2.75) is 17.9 Å². The first-order valence-electron chi connectivity index (χ1n) is 10.7. The molecule has 172 valence electrons. The Morgan fingerprint density at radius 3 is 2.26 bits per heavy atom. The average Bonchev–Trinajstić information content (AvgIpc) is 2.85. The number of benzene rings is 4. The van der Waals surface area contributed by atoms with Gasteiger partial charge >= 0.3 is 0 Å². The second-order valence-electron chi connectivity index (χ2n) is 7.78. The van der Waals surface area contributed by atoms with Crippen LogP contribution in [0.1, 0.15) is 21.5 Å². The molecule has 4 aromatic rings. The molecule has 0 saturated heterocycles. The largest absolute Gasteiger partial charge is 0.457 e. The van der Waals surface area contributed by atoms with Crippen LogP contribution in [0.2, 0.25) is 0 Å². The summed E-state index contributed by atoms with van der Waals surface area (Å²) in [6.45, 7) is 0.412. The number of carbonyl (C=O) groups is 1. The topological polar surface area (TPSA) is 112 Å². The van der Waals surface area contributed by atoms with Crippen molar-refractivity contribution in [3.05, 3.63) is 114 Å². The van der Waals surface area contributed by atoms with E-state index in [0.29, 0.717) is 34.7 Å². The van der Waals surface area contributed by atoms with Crippen LogP contribution in [0, 0.1) is 0 Å². The first-order chi connectivity index (χ1) is 16.3. The van der Waals surface area contributed by atoms with Gasteiger partial charge in [0, 0.05) is 29.7 Å². The van der Waals surface area contributed by atoms with Crippen molar-refractivity contribution in [2.75, 3.05) is 0 Å². The highest BCUT2D eigenvalue weighted by atomic mass is 32.2. The number of nitrogens with two attached hydrogens (primary N) is 2. The molecule has 4 rings (SSSR count). The highest BCUT2D eigenvalue weighted by molar-refractivity contribution is 7.89. The molecular weight excluding hydrogens is 448 g/mol. The number of rotatable bonds is 8. The third-order valence-corrected chi connectivity index (χ3v) is 6.37. The van der Waals surface area contributed by atoms with Crippen molar-refractivity contribution >= 4 is 15.8 Å². The summed E-state index contributed by atoms with van der Waals surface area (Å²) in [4.78, 5) is 13.0. The molecule has 0 aliphatic heterocycles. The molecule has 7 heteroatoms. The predicted molar refractivity (Wildman–Crippen MR) is 132 cm³/mol. The number of hydrogen-bond acceptors (Lipinski definition) is 5. The van der Waals surface area contributed by atoms with Crippen LogP contribution in [-0.2, 0) is 23.0 Å². The summed E-state index contributed by atoms with van der Waals surface area (Å²) in [5.74, 6) is 1.17. The number of carbonyl (C=O) groups excluding carboxylic acids is 1. The van der Waals surface area contributed by atoms with Crippen molar-refractivity contribution in [1.29, 1.82) is 0 Å². The van der Waals surface area contributed by atoms with E-state index in [9.17, 15) is 13.2 Å². The molecule has 6 nitrogen and oxygen atoms in total. The lowest BCUT2D eigenvalue weighted by molar-refractivity contribution is 0.0992. The van der Waals surface area contributed by atoms with E-state index in [1.165, 1.54) is 6.07 Å². The molecule has 0 radical (unpaired) electrons. The Hall–Kier alpha value is -3.78. The van der Waals surface area contributed by atoms with Crippen LogP contribution in [0.4, 0.5) is 0 Å². The van der Waals surface area contributed by atoms with E-state index >= 15 is 0 Å². The summed E-state index contributed by atoms with van der Waals surface area (Å²) in [7, 11) is -3.87. The Morgan fingerprint density at radius 1 is 0.824 bits per heavy atom. The van der Waals surface area contributed by atoms with Crippen molar-refractivity contribution in [1.82, 2.24) is 0 Å². The minimum Gasteiger partial charge on any atom is -0.457 e. The summed E-state index contributed by atoms with van der Waals surface area (Å²) >= 11 is 0. The number of ketones is 1. The molecule has 0 bridgehead atoms. The maximum Gasteiger partial charge on any atom is 0.238 e. The zero-order valence-electron chi connectivity index (χ0n) is 18.3. The maximum atomic E-state index is 13.0. The molecule has 0 amide bonds. The third kappa shape index (κ3) is 5.40. The summed E-state index contributed by atoms with van der Waals surface area (Å²) in [6, 6.07) is 28.2. The molecule has 0 spiro atoms. The Labute approximate surface area is 198 Å². The first kappa shape index (κ1) is 23.4. The monoisotopic (exact) mass is 472 g/mol. The van der Waals surface area contributed by atoms with Crippen molar-refractivity contribution in [3.63, 3.8) is 0 Å². The number of ether oxygens (including phenoxy) is 1. The quantitative estimate of drug-likeness (QED) is 0.362. The van der Waals surface area contributed by atoms with Gasteiger partial charge in [-0.25, -0.2) is 13.6 Å². The van der Waals surface area contributed by atoms with Gasteiger partial charge < -0.3 is 10.5 Å². The molecule has 0 aliphatic carbocycles. The van der Waals surface area contributed by atoms with E-state index in [0.717, 1.165) is 11.1 Å². The second kappa shape index (κ2) is 10.0. The van der Waals surface area contributed by atoms with Crippen LogP contribution in [-0.4, -0.2) is 14.2 Å². The molecule has 0 atom stereocenters. The van der Waals surface area contributed by atoms with E-state index < -0.39 is 10.0 Å². The highest BCUT2D eigenvalue weighted by Crippen LogP contribution is 2.29. The van der Waals surface area contributed by atoms with E-state index in [1.54, 1.807) is 42.5 Å². The van der Waals surface area contributed by atoms with Gasteiger partial charge in [0.25, 0.3) is 0 Å². The average molecular weight is 473 g/mol. The van der Waals surface area contributed by atoms with Gasteiger partial charge in [-0.15, -0.1) is 0 Å². The van der Waals surface area contributed by atoms with Gasteiger partial charge in [-0.05, 0) is 35.4 Å². The molecule has 4 aromatic carbocycles. The number of primary sulfonamides is 1. The van der Waals surface area contributed by atoms with Crippen molar-refractivity contribution < 1.29 is 17.9 Å². The van der Waals surface area contributed by atoms with Crippen LogP contribution in [0.15, 0.2) is 102 Å². The van der Waals surface area contributed by atoms with Gasteiger partial charge in [-0.3, -0.25) is 4.79 Å². The lowest BCUT2D eigenvalue weighted by Gasteiger charge is -2.12. The fourth-order valence-electron chi connectivity index (χ4n) is 3.68. The van der Waals surface area contributed by atoms with E-state index in [2.05, 4.69) is 0 Å². The zero-order valence-corrected chi connectivity index (χ0v) is 19.2. The fourth-order valence-corrected chi connectivity index (χ4v) is 4.44. The van der Waals surface area contributed by atoms with Crippen molar-refractivity contribution in [2.24, 2.45) is 10.9 Å². The molecular formula is C27H24N2O4S. The molecule has 4 N–H and O–H groups in total.